The summed E-state index contributed by atoms with van der Waals surface area (Å²) in [5, 5.41) is 0. The van der Waals surface area contributed by atoms with Gasteiger partial charge in [0.2, 0.25) is 0 Å². The highest BCUT2D eigenvalue weighted by molar-refractivity contribution is 6.16. The zero-order chi connectivity index (χ0) is 14.2. The molecule has 2 aromatic rings. The van der Waals surface area contributed by atoms with Crippen molar-refractivity contribution in [3.8, 4) is 0 Å². The number of benzene rings is 1. The van der Waals surface area contributed by atoms with Crippen molar-refractivity contribution in [2.45, 2.75) is 38.4 Å². The molecule has 1 atom stereocenters. The van der Waals surface area contributed by atoms with E-state index >= 15 is 0 Å². The van der Waals surface area contributed by atoms with Crippen molar-refractivity contribution in [2.24, 2.45) is 0 Å². The van der Waals surface area contributed by atoms with Gasteiger partial charge in [0, 0.05) is 6.04 Å². The van der Waals surface area contributed by atoms with E-state index in [0.717, 1.165) is 18.6 Å². The molecule has 0 amide bonds. The Bertz CT molecular complexity index is 589. The first-order valence-electron chi connectivity index (χ1n) is 6.02. The topological polar surface area (TPSA) is 17.8 Å². The number of fused-ring (bicyclic) bond motifs is 1. The third kappa shape index (κ3) is 2.56. The number of hydrogen-bond donors (Lipinski definition) is 0. The van der Waals surface area contributed by atoms with E-state index in [1.54, 1.807) is 0 Å². The molecule has 0 saturated carbocycles. The number of aromatic nitrogens is 2. The normalized spacial score (nSPS) is 14.0. The van der Waals surface area contributed by atoms with Gasteiger partial charge < -0.3 is 4.57 Å². The fourth-order valence-electron chi connectivity index (χ4n) is 2.09. The first-order chi connectivity index (χ1) is 8.88. The Morgan fingerprint density at radius 3 is 2.58 bits per heavy atom. The summed E-state index contributed by atoms with van der Waals surface area (Å²) in [6.45, 7) is 4.01. The van der Waals surface area contributed by atoms with E-state index in [9.17, 15) is 13.2 Å². The lowest BCUT2D eigenvalue weighted by atomic mass is 10.2. The van der Waals surface area contributed by atoms with Gasteiger partial charge in [0.25, 0.3) is 0 Å². The second-order valence-corrected chi connectivity index (χ2v) is 4.76. The van der Waals surface area contributed by atoms with Crippen LogP contribution in [0.5, 0.6) is 0 Å². The van der Waals surface area contributed by atoms with Gasteiger partial charge in [-0.3, -0.25) is 0 Å². The van der Waals surface area contributed by atoms with Crippen molar-refractivity contribution in [2.75, 3.05) is 0 Å². The molecule has 2 rings (SSSR count). The van der Waals surface area contributed by atoms with Gasteiger partial charge in [0.15, 0.2) is 0 Å². The molecule has 104 valence electrons. The van der Waals surface area contributed by atoms with Crippen LogP contribution >= 0.6 is 11.6 Å². The predicted molar refractivity (Wildman–Crippen MR) is 69.3 cm³/mol. The first kappa shape index (κ1) is 14.2. The van der Waals surface area contributed by atoms with Crippen molar-refractivity contribution >= 4 is 22.6 Å². The second-order valence-electron chi connectivity index (χ2n) is 4.49. The molecular weight excluding hydrogens is 277 g/mol. The molecular formula is C13H14ClF3N2. The molecule has 0 spiro atoms. The van der Waals surface area contributed by atoms with E-state index in [-0.39, 0.29) is 11.9 Å². The fraction of sp³-hybridized carbons (Fsp3) is 0.462. The Kier molecular flexibility index (Phi) is 3.76. The van der Waals surface area contributed by atoms with Crippen molar-refractivity contribution < 1.29 is 13.2 Å². The zero-order valence-corrected chi connectivity index (χ0v) is 11.4. The zero-order valence-electron chi connectivity index (χ0n) is 10.6. The number of nitrogens with zero attached hydrogens (tertiary/aromatic N) is 2. The molecule has 19 heavy (non-hydrogen) atoms. The van der Waals surface area contributed by atoms with E-state index in [1.165, 1.54) is 6.07 Å². The van der Waals surface area contributed by atoms with Crippen LogP contribution in [0.4, 0.5) is 13.2 Å². The minimum Gasteiger partial charge on any atom is -0.324 e. The Morgan fingerprint density at radius 2 is 2.05 bits per heavy atom. The summed E-state index contributed by atoms with van der Waals surface area (Å²) in [6.07, 6.45) is -3.49. The van der Waals surface area contributed by atoms with Gasteiger partial charge in [-0.2, -0.15) is 13.2 Å². The summed E-state index contributed by atoms with van der Waals surface area (Å²) in [7, 11) is 0. The van der Waals surface area contributed by atoms with Crippen LogP contribution in [0.15, 0.2) is 18.2 Å². The number of alkyl halides is 4. The highest BCUT2D eigenvalue weighted by Gasteiger charge is 2.31. The van der Waals surface area contributed by atoms with E-state index in [0.29, 0.717) is 16.9 Å². The van der Waals surface area contributed by atoms with Gasteiger partial charge in [-0.25, -0.2) is 4.98 Å². The third-order valence-corrected chi connectivity index (χ3v) is 3.48. The van der Waals surface area contributed by atoms with Crippen molar-refractivity contribution in [3.63, 3.8) is 0 Å². The van der Waals surface area contributed by atoms with Gasteiger partial charge in [-0.15, -0.1) is 11.6 Å². The van der Waals surface area contributed by atoms with Crippen LogP contribution < -0.4 is 0 Å². The minimum absolute atomic E-state index is 0.149. The summed E-state index contributed by atoms with van der Waals surface area (Å²) in [5.74, 6) is 0.783. The summed E-state index contributed by atoms with van der Waals surface area (Å²) < 4.78 is 39.9. The van der Waals surface area contributed by atoms with Crippen LogP contribution in [-0.2, 0) is 12.1 Å². The summed E-state index contributed by atoms with van der Waals surface area (Å²) >= 11 is 5.83. The summed E-state index contributed by atoms with van der Waals surface area (Å²) in [6, 6.07) is 3.77. The van der Waals surface area contributed by atoms with Gasteiger partial charge in [-0.05, 0) is 31.5 Å². The third-order valence-electron chi connectivity index (χ3n) is 3.24. The Labute approximate surface area is 114 Å². The largest absolute Gasteiger partial charge is 0.416 e. The van der Waals surface area contributed by atoms with Crippen LogP contribution in [0.2, 0.25) is 0 Å². The van der Waals surface area contributed by atoms with Crippen LogP contribution in [0, 0.1) is 0 Å². The van der Waals surface area contributed by atoms with E-state index < -0.39 is 11.7 Å². The smallest absolute Gasteiger partial charge is 0.324 e. The molecule has 0 saturated heterocycles. The Balaban J connectivity index is 2.64. The number of imidazole rings is 1. The van der Waals surface area contributed by atoms with Crippen LogP contribution in [0.3, 0.4) is 0 Å². The lowest BCUT2D eigenvalue weighted by Gasteiger charge is -2.15. The highest BCUT2D eigenvalue weighted by Crippen LogP contribution is 2.32. The Hall–Kier alpha value is -1.23. The van der Waals surface area contributed by atoms with Gasteiger partial charge in [0.05, 0.1) is 22.5 Å². The van der Waals surface area contributed by atoms with Gasteiger partial charge >= 0.3 is 6.18 Å². The maximum Gasteiger partial charge on any atom is 0.416 e. The van der Waals surface area contributed by atoms with Crippen molar-refractivity contribution in [3.05, 3.63) is 29.6 Å². The quantitative estimate of drug-likeness (QED) is 0.745. The SMILES string of the molecule is CCC(C)n1c(CCl)nc2cc(C(F)(F)F)ccc21. The molecule has 1 aromatic carbocycles. The molecule has 0 fully saturated rings. The monoisotopic (exact) mass is 290 g/mol. The molecule has 1 aromatic heterocycles. The van der Waals surface area contributed by atoms with E-state index in [2.05, 4.69) is 4.98 Å². The fourth-order valence-corrected chi connectivity index (χ4v) is 2.28. The van der Waals surface area contributed by atoms with Gasteiger partial charge in [0.1, 0.15) is 5.82 Å². The van der Waals surface area contributed by atoms with Crippen molar-refractivity contribution in [1.82, 2.24) is 9.55 Å². The second kappa shape index (κ2) is 5.04. The number of halogens is 4. The summed E-state index contributed by atoms with van der Waals surface area (Å²) in [4.78, 5) is 4.21. The molecule has 0 N–H and O–H groups in total. The lowest BCUT2D eigenvalue weighted by Crippen LogP contribution is -2.07. The molecule has 0 bridgehead atoms. The maximum absolute atomic E-state index is 12.7. The van der Waals surface area contributed by atoms with Crippen LogP contribution in [-0.4, -0.2) is 9.55 Å². The number of rotatable bonds is 3. The van der Waals surface area contributed by atoms with Crippen molar-refractivity contribution in [1.29, 1.82) is 0 Å². The molecule has 0 aliphatic rings. The Morgan fingerprint density at radius 1 is 1.37 bits per heavy atom. The molecule has 6 heteroatoms. The lowest BCUT2D eigenvalue weighted by molar-refractivity contribution is -0.137. The summed E-state index contributed by atoms with van der Waals surface area (Å²) in [5.41, 5.74) is 0.346. The van der Waals surface area contributed by atoms with E-state index in [4.69, 9.17) is 11.6 Å². The van der Waals surface area contributed by atoms with E-state index in [1.807, 2.05) is 18.4 Å². The molecule has 1 unspecified atom stereocenters. The molecule has 0 aliphatic carbocycles. The molecule has 0 aliphatic heterocycles. The highest BCUT2D eigenvalue weighted by atomic mass is 35.5. The average molecular weight is 291 g/mol. The molecule has 0 radical (unpaired) electrons. The van der Waals surface area contributed by atoms with Gasteiger partial charge in [-0.1, -0.05) is 6.92 Å². The number of hydrogen-bond acceptors (Lipinski definition) is 1. The minimum atomic E-state index is -4.35. The van der Waals surface area contributed by atoms with Crippen LogP contribution in [0.1, 0.15) is 37.7 Å². The van der Waals surface area contributed by atoms with Crippen LogP contribution in [0.25, 0.3) is 11.0 Å². The molecule has 1 heterocycles. The predicted octanol–water partition coefficient (Wildman–Crippen LogP) is 4.76. The molecule has 2 nitrogen and oxygen atoms in total. The standard InChI is InChI=1S/C13H14ClF3N2/c1-3-8(2)19-11-5-4-9(13(15,16)17)6-10(11)18-12(19)7-14/h4-6,8H,3,7H2,1-2H3. The average Bonchev–Trinajstić information content (AvgIpc) is 2.74. The first-order valence-corrected chi connectivity index (χ1v) is 6.56. The maximum atomic E-state index is 12.7.